The molecule has 0 aliphatic carbocycles. The van der Waals surface area contributed by atoms with Crippen molar-refractivity contribution in [3.05, 3.63) is 167 Å². The lowest BCUT2D eigenvalue weighted by molar-refractivity contribution is -0.0359. The van der Waals surface area contributed by atoms with Gasteiger partial charge in [-0.25, -0.2) is 31.1 Å². The van der Waals surface area contributed by atoms with Crippen molar-refractivity contribution in [2.24, 2.45) is 0 Å². The summed E-state index contributed by atoms with van der Waals surface area (Å²) in [7, 11) is 0. The number of hydrogen-bond acceptors (Lipinski definition) is 13. The highest BCUT2D eigenvalue weighted by Crippen LogP contribution is 2.38. The van der Waals surface area contributed by atoms with E-state index in [0.29, 0.717) is 30.7 Å². The molecule has 24 heteroatoms. The highest BCUT2D eigenvalue weighted by atomic mass is 35.5. The van der Waals surface area contributed by atoms with Crippen molar-refractivity contribution in [2.45, 2.75) is 59.6 Å². The molecule has 0 saturated heterocycles. The number of hydrogen-bond donors (Lipinski definition) is 4. The summed E-state index contributed by atoms with van der Waals surface area (Å²) in [4.78, 5) is 85.5. The molecule has 4 N–H and O–H groups in total. The van der Waals surface area contributed by atoms with Crippen LogP contribution in [0.25, 0.3) is 22.1 Å². The molecule has 2 aliphatic heterocycles. The molecular weight excluding hydrogens is 1030 g/mol. The van der Waals surface area contributed by atoms with E-state index < -0.39 is 125 Å². The smallest absolute Gasteiger partial charge is 0.347 e. The summed E-state index contributed by atoms with van der Waals surface area (Å²) in [5.74, 6) is -14.0. The number of nitrogens with one attached hydrogen (secondary N) is 2. The number of alkyl halides is 4. The average Bonchev–Trinajstić information content (AvgIpc) is 3.48. The molecule has 0 atom stereocenters. The van der Waals surface area contributed by atoms with Gasteiger partial charge in [-0.3, -0.25) is 48.0 Å². The number of anilines is 1. The number of aromatic nitrogens is 4. The van der Waals surface area contributed by atoms with E-state index in [2.05, 4.69) is 20.6 Å². The molecular formula is C52H45ClF6N8O9. The van der Waals surface area contributed by atoms with Gasteiger partial charge in [-0.2, -0.15) is 5.26 Å². The fraction of sp³-hybridized carbons (Fsp3) is 0.250. The average molecular weight is 1080 g/mol. The highest BCUT2D eigenvalue weighted by Gasteiger charge is 2.44. The molecule has 0 saturated carbocycles. The number of esters is 1. The van der Waals surface area contributed by atoms with Crippen molar-refractivity contribution in [1.82, 2.24) is 29.3 Å². The van der Waals surface area contributed by atoms with Crippen LogP contribution in [0.15, 0.2) is 94.8 Å². The fourth-order valence-electron chi connectivity index (χ4n) is 8.42. The van der Waals surface area contributed by atoms with Gasteiger partial charge < -0.3 is 25.6 Å². The van der Waals surface area contributed by atoms with Crippen molar-refractivity contribution < 1.29 is 60.5 Å². The second-order valence-corrected chi connectivity index (χ2v) is 17.2. The Morgan fingerprint density at radius 2 is 1.34 bits per heavy atom. The third-order valence-corrected chi connectivity index (χ3v) is 12.2. The fourth-order valence-corrected chi connectivity index (χ4v) is 8.73. The molecule has 9 rings (SSSR count). The number of rotatable bonds is 12. The quantitative estimate of drug-likeness (QED) is 0.0393. The topological polar surface area (TPSA) is 239 Å². The van der Waals surface area contributed by atoms with Crippen LogP contribution in [0.2, 0.25) is 5.02 Å². The first kappa shape index (κ1) is 56.5. The number of carbonyl (C=O) groups excluding carboxylic acids is 4. The Labute approximate surface area is 432 Å². The zero-order valence-corrected chi connectivity index (χ0v) is 39.1. The van der Waals surface area contributed by atoms with Gasteiger partial charge in [-0.05, 0) is 60.0 Å². The van der Waals surface area contributed by atoms with Crippen LogP contribution in [0.1, 0.15) is 85.5 Å². The van der Waals surface area contributed by atoms with Gasteiger partial charge in [0.15, 0.2) is 17.1 Å². The van der Waals surface area contributed by atoms with Gasteiger partial charge >= 0.3 is 5.97 Å². The highest BCUT2D eigenvalue weighted by molar-refractivity contribution is 6.36. The lowest BCUT2D eigenvalue weighted by Crippen LogP contribution is -2.44. The number of aromatic hydroxyl groups is 2. The van der Waals surface area contributed by atoms with E-state index in [9.17, 15) is 56.5 Å². The maximum atomic E-state index is 15.7. The molecule has 2 aliphatic rings. The standard InChI is InChI=1S/C29H21ClF3N3O6.C21H16F3N5O3.2CH4/c1-2-42-28(41)20-24(37)22-23(21(30)16(12-34-22)11-15-7-9-17(31)10-8-15)35(27(20)40)13-29(32,33)14-36-25(38)18-5-3-4-6-19(18)26(36)39;22-13-3-1-11(2-4-13)7-12-8-27-16-17-15(12)28-9-21(23,24)10-29(17)20(32)14(18(16)30)19(31)26-6-5-25;;/h3-10,12,37H,2,11,13-14H2,1H3;1-4,8,28,30H,6-7,9-10H2,(H,26,31);2*1H4. The molecule has 7 aromatic rings. The Hall–Kier alpha value is -8.78. The summed E-state index contributed by atoms with van der Waals surface area (Å²) in [5.41, 5.74) is -3.26. The summed E-state index contributed by atoms with van der Waals surface area (Å²) in [6.07, 6.45) is 2.82. The molecule has 0 radical (unpaired) electrons. The Morgan fingerprint density at radius 1 is 0.816 bits per heavy atom. The van der Waals surface area contributed by atoms with Crippen molar-refractivity contribution >= 4 is 63.0 Å². The number of fused-ring (bicyclic) bond motifs is 2. The maximum Gasteiger partial charge on any atom is 0.347 e. The summed E-state index contributed by atoms with van der Waals surface area (Å²) in [5, 5.41) is 34.6. The number of nitrogens with zero attached hydrogens (tertiary/aromatic N) is 6. The first-order valence-corrected chi connectivity index (χ1v) is 22.5. The van der Waals surface area contributed by atoms with E-state index >= 15 is 8.78 Å². The number of amides is 3. The molecule has 76 heavy (non-hydrogen) atoms. The first-order valence-electron chi connectivity index (χ1n) is 22.1. The summed E-state index contributed by atoms with van der Waals surface area (Å²) in [6.45, 7) is -3.84. The van der Waals surface area contributed by atoms with Crippen molar-refractivity contribution in [2.75, 3.05) is 31.6 Å². The van der Waals surface area contributed by atoms with Gasteiger partial charge in [0, 0.05) is 30.8 Å². The number of imide groups is 1. The van der Waals surface area contributed by atoms with Gasteiger partial charge in [0.1, 0.15) is 34.8 Å². The summed E-state index contributed by atoms with van der Waals surface area (Å²) >= 11 is 6.61. The molecule has 0 spiro atoms. The molecule has 6 heterocycles. The van der Waals surface area contributed by atoms with Crippen LogP contribution in [0.3, 0.4) is 0 Å². The number of halogens is 7. The molecule has 3 aromatic carbocycles. The second-order valence-electron chi connectivity index (χ2n) is 16.9. The van der Waals surface area contributed by atoms with Crippen LogP contribution in [0, 0.1) is 23.0 Å². The van der Waals surface area contributed by atoms with Crippen LogP contribution in [0.4, 0.5) is 32.0 Å². The molecule has 17 nitrogen and oxygen atoms in total. The Bertz CT molecular complexity index is 3590. The molecule has 4 aromatic heterocycles. The minimum absolute atomic E-state index is 0. The zero-order chi connectivity index (χ0) is 53.4. The van der Waals surface area contributed by atoms with E-state index in [4.69, 9.17) is 21.6 Å². The predicted octanol–water partition coefficient (Wildman–Crippen LogP) is 8.01. The minimum Gasteiger partial charge on any atom is -0.505 e. The van der Waals surface area contributed by atoms with Crippen molar-refractivity contribution in [1.29, 1.82) is 5.26 Å². The third-order valence-electron chi connectivity index (χ3n) is 11.8. The molecule has 0 bridgehead atoms. The summed E-state index contributed by atoms with van der Waals surface area (Å²) in [6, 6.07) is 18.3. The van der Waals surface area contributed by atoms with Crippen LogP contribution in [-0.4, -0.2) is 96.0 Å². The Morgan fingerprint density at radius 3 is 1.89 bits per heavy atom. The van der Waals surface area contributed by atoms with E-state index in [1.807, 2.05) is 0 Å². The van der Waals surface area contributed by atoms with Crippen LogP contribution >= 0.6 is 11.6 Å². The van der Waals surface area contributed by atoms with E-state index in [0.717, 1.165) is 0 Å². The molecule has 0 fully saturated rings. The van der Waals surface area contributed by atoms with E-state index in [1.165, 1.54) is 92.1 Å². The van der Waals surface area contributed by atoms with E-state index in [1.54, 1.807) is 6.07 Å². The number of benzene rings is 3. The lowest BCUT2D eigenvalue weighted by atomic mass is 10.0. The maximum absolute atomic E-state index is 15.7. The van der Waals surface area contributed by atoms with Crippen LogP contribution in [0.5, 0.6) is 11.5 Å². The van der Waals surface area contributed by atoms with Crippen LogP contribution < -0.4 is 21.8 Å². The number of pyridine rings is 4. The van der Waals surface area contributed by atoms with E-state index in [-0.39, 0.29) is 72.7 Å². The molecule has 0 unspecified atom stereocenters. The first-order chi connectivity index (χ1) is 35.1. The van der Waals surface area contributed by atoms with Gasteiger partial charge in [0.2, 0.25) is 0 Å². The van der Waals surface area contributed by atoms with Gasteiger partial charge in [-0.1, -0.05) is 62.9 Å². The van der Waals surface area contributed by atoms with Gasteiger partial charge in [0.05, 0.1) is 71.7 Å². The SMILES string of the molecule is C.C.CCOC(=O)c1c(O)c2ncc(Cc3ccc(F)cc3)c(Cl)c2n(CC(F)(F)CN2C(=O)c3ccccc3C2=O)c1=O.N#CCNC(=O)c1c(O)c2ncc(Cc3ccc(F)cc3)c3c2n(c1=O)CC(F)(F)CN3. The lowest BCUT2D eigenvalue weighted by Gasteiger charge is -2.24. The second kappa shape index (κ2) is 22.4. The Balaban J connectivity index is 0.000000249. The molecule has 3 amide bonds. The Kier molecular flexibility index (Phi) is 16.6. The van der Waals surface area contributed by atoms with Crippen LogP contribution in [-0.2, 0) is 30.7 Å². The summed E-state index contributed by atoms with van der Waals surface area (Å²) < 4.78 is 92.9. The van der Waals surface area contributed by atoms with Crippen molar-refractivity contribution in [3.63, 3.8) is 0 Å². The molecule has 396 valence electrons. The largest absolute Gasteiger partial charge is 0.505 e. The van der Waals surface area contributed by atoms with Gasteiger partial charge in [-0.15, -0.1) is 0 Å². The normalized spacial score (nSPS) is 13.3. The van der Waals surface area contributed by atoms with Crippen molar-refractivity contribution in [3.8, 4) is 17.6 Å². The van der Waals surface area contributed by atoms with Gasteiger partial charge in [0.25, 0.3) is 40.7 Å². The third kappa shape index (κ3) is 11.0. The number of nitriles is 1. The number of carbonyl (C=O) groups is 4. The number of ether oxygens (including phenoxy) is 1. The predicted molar refractivity (Wildman–Crippen MR) is 266 cm³/mol. The zero-order valence-electron chi connectivity index (χ0n) is 38.3. The minimum atomic E-state index is -3.91. The monoisotopic (exact) mass is 1070 g/mol.